The van der Waals surface area contributed by atoms with E-state index < -0.39 is 21.9 Å². The number of hydrogen-bond acceptors (Lipinski definition) is 6. The number of carbonyl (C=O) groups is 2. The summed E-state index contributed by atoms with van der Waals surface area (Å²) in [7, 11) is -2.34. The second-order valence-corrected chi connectivity index (χ2v) is 10.2. The van der Waals surface area contributed by atoms with E-state index in [4.69, 9.17) is 4.74 Å². The highest BCUT2D eigenvalue weighted by Crippen LogP contribution is 2.36. The molecule has 0 saturated heterocycles. The van der Waals surface area contributed by atoms with E-state index in [1.54, 1.807) is 0 Å². The first-order chi connectivity index (χ1) is 15.3. The zero-order valence-electron chi connectivity index (χ0n) is 18.3. The van der Waals surface area contributed by atoms with Crippen LogP contribution in [0.3, 0.4) is 0 Å². The Morgan fingerprint density at radius 3 is 2.22 bits per heavy atom. The Hall–Kier alpha value is -2.75. The van der Waals surface area contributed by atoms with Crippen LogP contribution in [0.2, 0.25) is 0 Å². The maximum atomic E-state index is 12.9. The SMILES string of the molecule is CCCN(CCC)S(=O)(=O)c1ccc(C(=O)Nc2c(C(=O)OC)sc3ccccc23)cc1. The van der Waals surface area contributed by atoms with Crippen LogP contribution in [0.1, 0.15) is 46.7 Å². The van der Waals surface area contributed by atoms with E-state index in [0.29, 0.717) is 23.7 Å². The van der Waals surface area contributed by atoms with Gasteiger partial charge >= 0.3 is 5.97 Å². The molecule has 7 nitrogen and oxygen atoms in total. The Morgan fingerprint density at radius 2 is 1.62 bits per heavy atom. The number of nitrogens with one attached hydrogen (secondary N) is 1. The Labute approximate surface area is 192 Å². The minimum absolute atomic E-state index is 0.146. The second-order valence-electron chi connectivity index (χ2n) is 7.18. The Balaban J connectivity index is 1.88. The standard InChI is InChI=1S/C23H26N2O5S2/c1-4-14-25(15-5-2)32(28,29)17-12-10-16(11-13-17)22(26)24-20-18-8-6-7-9-19(18)31-21(20)23(27)30-3/h6-13H,4-5,14-15H2,1-3H3,(H,24,26). The van der Waals surface area contributed by atoms with Crippen molar-refractivity contribution in [2.75, 3.05) is 25.5 Å². The van der Waals surface area contributed by atoms with Crippen molar-refractivity contribution in [1.29, 1.82) is 0 Å². The highest BCUT2D eigenvalue weighted by atomic mass is 32.2. The van der Waals surface area contributed by atoms with Gasteiger partial charge in [-0.3, -0.25) is 4.79 Å². The summed E-state index contributed by atoms with van der Waals surface area (Å²) in [6.45, 7) is 4.75. The molecule has 0 bridgehead atoms. The fourth-order valence-electron chi connectivity index (χ4n) is 3.37. The summed E-state index contributed by atoms with van der Waals surface area (Å²) < 4.78 is 33.0. The molecule has 9 heteroatoms. The highest BCUT2D eigenvalue weighted by Gasteiger charge is 2.24. The number of ether oxygens (including phenoxy) is 1. The van der Waals surface area contributed by atoms with Gasteiger partial charge in [-0.25, -0.2) is 13.2 Å². The Bertz CT molecular complexity index is 1210. The Kier molecular flexibility index (Phi) is 7.65. The lowest BCUT2D eigenvalue weighted by Crippen LogP contribution is -2.32. The van der Waals surface area contributed by atoms with Gasteiger partial charge in [0.2, 0.25) is 10.0 Å². The van der Waals surface area contributed by atoms with Crippen molar-refractivity contribution in [1.82, 2.24) is 4.31 Å². The van der Waals surface area contributed by atoms with Crippen LogP contribution < -0.4 is 5.32 Å². The van der Waals surface area contributed by atoms with E-state index >= 15 is 0 Å². The monoisotopic (exact) mass is 474 g/mol. The maximum Gasteiger partial charge on any atom is 0.350 e. The van der Waals surface area contributed by atoms with Crippen LogP contribution in [0.15, 0.2) is 53.4 Å². The molecule has 1 amide bonds. The topological polar surface area (TPSA) is 92.8 Å². The third kappa shape index (κ3) is 4.85. The van der Waals surface area contributed by atoms with E-state index in [0.717, 1.165) is 22.9 Å². The quantitative estimate of drug-likeness (QED) is 0.452. The van der Waals surface area contributed by atoms with Gasteiger partial charge in [0.25, 0.3) is 5.91 Å². The maximum absolute atomic E-state index is 12.9. The number of amides is 1. The third-order valence-electron chi connectivity index (χ3n) is 4.91. The molecule has 1 aromatic heterocycles. The number of esters is 1. The van der Waals surface area contributed by atoms with Crippen molar-refractivity contribution in [3.8, 4) is 0 Å². The molecule has 0 fully saturated rings. The fraction of sp³-hybridized carbons (Fsp3) is 0.304. The number of methoxy groups -OCH3 is 1. The first-order valence-corrected chi connectivity index (χ1v) is 12.6. The summed E-state index contributed by atoms with van der Waals surface area (Å²) in [5, 5.41) is 3.53. The average molecular weight is 475 g/mol. The lowest BCUT2D eigenvalue weighted by molar-refractivity contribution is 0.0607. The lowest BCUT2D eigenvalue weighted by atomic mass is 10.2. The van der Waals surface area contributed by atoms with E-state index in [-0.39, 0.29) is 10.5 Å². The minimum atomic E-state index is -3.63. The number of nitrogens with zero attached hydrogens (tertiary/aromatic N) is 1. The van der Waals surface area contributed by atoms with Gasteiger partial charge in [0, 0.05) is 28.7 Å². The van der Waals surface area contributed by atoms with Crippen LogP contribution in [0.5, 0.6) is 0 Å². The molecule has 0 aliphatic rings. The molecule has 3 aromatic rings. The molecule has 0 saturated carbocycles. The van der Waals surface area contributed by atoms with Gasteiger partial charge in [-0.1, -0.05) is 32.0 Å². The van der Waals surface area contributed by atoms with Crippen molar-refractivity contribution in [2.45, 2.75) is 31.6 Å². The van der Waals surface area contributed by atoms with E-state index in [1.807, 2.05) is 38.1 Å². The zero-order valence-corrected chi connectivity index (χ0v) is 19.9. The molecule has 1 N–H and O–H groups in total. The van der Waals surface area contributed by atoms with Crippen molar-refractivity contribution < 1.29 is 22.7 Å². The summed E-state index contributed by atoms with van der Waals surface area (Å²) >= 11 is 1.24. The number of carbonyl (C=O) groups excluding carboxylic acids is 2. The van der Waals surface area contributed by atoms with Crippen LogP contribution >= 0.6 is 11.3 Å². The molecule has 0 aliphatic heterocycles. The van der Waals surface area contributed by atoms with E-state index in [1.165, 1.54) is 47.0 Å². The number of thiophene rings is 1. The van der Waals surface area contributed by atoms with E-state index in [9.17, 15) is 18.0 Å². The molecular weight excluding hydrogens is 448 g/mol. The molecule has 2 aromatic carbocycles. The van der Waals surface area contributed by atoms with Gasteiger partial charge in [-0.05, 0) is 43.2 Å². The summed E-state index contributed by atoms with van der Waals surface area (Å²) in [5.41, 5.74) is 0.670. The molecule has 0 aliphatic carbocycles. The van der Waals surface area contributed by atoms with Crippen molar-refractivity contribution in [2.24, 2.45) is 0 Å². The molecule has 1 heterocycles. The first kappa shape index (κ1) is 23.9. The van der Waals surface area contributed by atoms with Crippen LogP contribution in [0, 0.1) is 0 Å². The van der Waals surface area contributed by atoms with E-state index in [2.05, 4.69) is 5.32 Å². The number of benzene rings is 2. The molecule has 0 radical (unpaired) electrons. The van der Waals surface area contributed by atoms with Crippen molar-refractivity contribution >= 4 is 49.0 Å². The van der Waals surface area contributed by atoms with Crippen LogP contribution in [0.4, 0.5) is 5.69 Å². The summed E-state index contributed by atoms with van der Waals surface area (Å²) in [5.74, 6) is -0.975. The normalized spacial score (nSPS) is 11.6. The molecule has 170 valence electrons. The zero-order chi connectivity index (χ0) is 23.3. The largest absolute Gasteiger partial charge is 0.465 e. The first-order valence-electron chi connectivity index (χ1n) is 10.3. The number of rotatable bonds is 9. The van der Waals surface area contributed by atoms with Gasteiger partial charge in [0.15, 0.2) is 0 Å². The predicted molar refractivity (Wildman–Crippen MR) is 127 cm³/mol. The molecule has 32 heavy (non-hydrogen) atoms. The van der Waals surface area contributed by atoms with Gasteiger partial charge in [-0.15, -0.1) is 11.3 Å². The van der Waals surface area contributed by atoms with Crippen LogP contribution in [0.25, 0.3) is 10.1 Å². The number of anilines is 1. The smallest absolute Gasteiger partial charge is 0.350 e. The van der Waals surface area contributed by atoms with Gasteiger partial charge < -0.3 is 10.1 Å². The second kappa shape index (κ2) is 10.2. The fourth-order valence-corrected chi connectivity index (χ4v) is 6.07. The van der Waals surface area contributed by atoms with Crippen LogP contribution in [-0.2, 0) is 14.8 Å². The average Bonchev–Trinajstić information content (AvgIpc) is 3.16. The Morgan fingerprint density at radius 1 is 1.00 bits per heavy atom. The minimum Gasteiger partial charge on any atom is -0.465 e. The van der Waals surface area contributed by atoms with Crippen molar-refractivity contribution in [3.63, 3.8) is 0 Å². The molecule has 0 spiro atoms. The van der Waals surface area contributed by atoms with Gasteiger partial charge in [0.05, 0.1) is 17.7 Å². The lowest BCUT2D eigenvalue weighted by Gasteiger charge is -2.21. The highest BCUT2D eigenvalue weighted by molar-refractivity contribution is 7.89. The number of sulfonamides is 1. The van der Waals surface area contributed by atoms with Crippen LogP contribution in [-0.4, -0.2) is 44.8 Å². The number of fused-ring (bicyclic) bond motifs is 1. The third-order valence-corrected chi connectivity index (χ3v) is 7.97. The molecule has 3 rings (SSSR count). The summed E-state index contributed by atoms with van der Waals surface area (Å²) in [6.07, 6.45) is 1.44. The molecule has 0 unspecified atom stereocenters. The van der Waals surface area contributed by atoms with Crippen molar-refractivity contribution in [3.05, 3.63) is 59.0 Å². The summed E-state index contributed by atoms with van der Waals surface area (Å²) in [4.78, 5) is 25.6. The number of hydrogen-bond donors (Lipinski definition) is 1. The van der Waals surface area contributed by atoms with Gasteiger partial charge in [-0.2, -0.15) is 4.31 Å². The predicted octanol–water partition coefficient (Wildman–Crippen LogP) is 4.75. The molecular formula is C23H26N2O5S2. The summed E-state index contributed by atoms with van der Waals surface area (Å²) in [6, 6.07) is 13.2. The molecule has 0 atom stereocenters. The van der Waals surface area contributed by atoms with Gasteiger partial charge in [0.1, 0.15) is 4.88 Å².